The number of nitrogens with one attached hydrogen (secondary N) is 1. The predicted molar refractivity (Wildman–Crippen MR) is 131 cm³/mol. The highest BCUT2D eigenvalue weighted by molar-refractivity contribution is 5.90. The molecule has 0 radical (unpaired) electrons. The van der Waals surface area contributed by atoms with Gasteiger partial charge < -0.3 is 4.74 Å². The minimum atomic E-state index is -4.86. The Bertz CT molecular complexity index is 1710. The molecule has 9 nitrogen and oxygen atoms in total. The molecule has 0 saturated heterocycles. The van der Waals surface area contributed by atoms with E-state index >= 15 is 0 Å². The van der Waals surface area contributed by atoms with Gasteiger partial charge in [0.05, 0.1) is 29.2 Å². The van der Waals surface area contributed by atoms with Crippen LogP contribution in [0, 0.1) is 18.3 Å². The molecule has 38 heavy (non-hydrogen) atoms. The Labute approximate surface area is 213 Å². The molecule has 0 saturated carbocycles. The molecule has 0 bridgehead atoms. The van der Waals surface area contributed by atoms with Crippen LogP contribution in [0.1, 0.15) is 18.1 Å². The van der Waals surface area contributed by atoms with Crippen LogP contribution in [0.3, 0.4) is 0 Å². The van der Waals surface area contributed by atoms with Crippen molar-refractivity contribution in [1.29, 1.82) is 5.26 Å². The van der Waals surface area contributed by atoms with Gasteiger partial charge in [-0.05, 0) is 60.5 Å². The van der Waals surface area contributed by atoms with Gasteiger partial charge in [-0.1, -0.05) is 12.1 Å². The molecule has 3 heterocycles. The molecule has 0 spiro atoms. The molecule has 3 aromatic heterocycles. The number of fused-ring (bicyclic) bond motifs is 1. The maximum absolute atomic E-state index is 12.9. The van der Waals surface area contributed by atoms with Crippen LogP contribution in [0.4, 0.5) is 19.1 Å². The number of hydrogen-bond donors (Lipinski definition) is 1. The highest BCUT2D eigenvalue weighted by Crippen LogP contribution is 2.37. The van der Waals surface area contributed by atoms with Gasteiger partial charge in [-0.3, -0.25) is 10.1 Å². The number of nitriles is 1. The Hall–Kier alpha value is -5.18. The van der Waals surface area contributed by atoms with Crippen molar-refractivity contribution in [1.82, 2.24) is 24.4 Å². The lowest BCUT2D eigenvalue weighted by Crippen LogP contribution is -2.17. The van der Waals surface area contributed by atoms with Crippen molar-refractivity contribution in [3.8, 4) is 39.9 Å². The van der Waals surface area contributed by atoms with Crippen LogP contribution < -0.4 is 10.1 Å². The standard InChI is InChI=1S/C26H18F3N7O2/c1-15-21(22-10-11-31-36(22)19-8-6-17(13-30)7-9-19)14-35-24(33-25(34-35)32-16(2)37)23(15)18-4-3-5-20(12-18)38-26(27,28)29/h3-12,14H,1-2H3,(H,32,34,37). The first-order valence-corrected chi connectivity index (χ1v) is 11.2. The number of halogens is 3. The fourth-order valence-corrected chi connectivity index (χ4v) is 4.16. The molecule has 0 fully saturated rings. The predicted octanol–water partition coefficient (Wildman–Crippen LogP) is 5.29. The summed E-state index contributed by atoms with van der Waals surface area (Å²) in [6, 6.07) is 16.3. The second-order valence-electron chi connectivity index (χ2n) is 8.29. The zero-order valence-electron chi connectivity index (χ0n) is 20.0. The Morgan fingerprint density at radius 1 is 1.13 bits per heavy atom. The van der Waals surface area contributed by atoms with Gasteiger partial charge in [0.1, 0.15) is 5.75 Å². The number of carbonyl (C=O) groups excluding carboxylic acids is 1. The monoisotopic (exact) mass is 517 g/mol. The van der Waals surface area contributed by atoms with Crippen molar-refractivity contribution in [3.63, 3.8) is 0 Å². The third-order valence-corrected chi connectivity index (χ3v) is 5.69. The summed E-state index contributed by atoms with van der Waals surface area (Å²) in [5.41, 5.74) is 4.42. The van der Waals surface area contributed by atoms with E-state index in [-0.39, 0.29) is 17.6 Å². The third-order valence-electron chi connectivity index (χ3n) is 5.69. The number of benzene rings is 2. The Morgan fingerprint density at radius 2 is 1.89 bits per heavy atom. The Kier molecular flexibility index (Phi) is 6.04. The van der Waals surface area contributed by atoms with E-state index in [1.807, 2.05) is 6.92 Å². The molecule has 0 atom stereocenters. The van der Waals surface area contributed by atoms with Gasteiger partial charge in [0.15, 0.2) is 5.65 Å². The number of carbonyl (C=O) groups is 1. The summed E-state index contributed by atoms with van der Waals surface area (Å²) in [6.07, 6.45) is -1.54. The summed E-state index contributed by atoms with van der Waals surface area (Å²) in [5, 5.41) is 20.4. The highest BCUT2D eigenvalue weighted by Gasteiger charge is 2.31. The Balaban J connectivity index is 1.73. The van der Waals surface area contributed by atoms with Crippen molar-refractivity contribution in [3.05, 3.63) is 78.1 Å². The first-order valence-electron chi connectivity index (χ1n) is 11.2. The van der Waals surface area contributed by atoms with E-state index in [1.54, 1.807) is 53.5 Å². The van der Waals surface area contributed by atoms with E-state index in [1.165, 1.54) is 29.6 Å². The first-order chi connectivity index (χ1) is 18.1. The quantitative estimate of drug-likeness (QED) is 0.339. The van der Waals surface area contributed by atoms with Gasteiger partial charge in [0.2, 0.25) is 11.9 Å². The SMILES string of the molecule is CC(=O)Nc1nc2c(-c3cccc(OC(F)(F)F)c3)c(C)c(-c3ccnn3-c3ccc(C#N)cc3)cn2n1. The maximum Gasteiger partial charge on any atom is 0.573 e. The fourth-order valence-electron chi connectivity index (χ4n) is 4.16. The minimum absolute atomic E-state index is 0.0404. The first kappa shape index (κ1) is 24.5. The van der Waals surface area contributed by atoms with E-state index in [9.17, 15) is 18.0 Å². The van der Waals surface area contributed by atoms with Crippen molar-refractivity contribution in [2.75, 3.05) is 5.32 Å². The molecule has 2 aromatic carbocycles. The topological polar surface area (TPSA) is 110 Å². The number of ether oxygens (including phenoxy) is 1. The van der Waals surface area contributed by atoms with Gasteiger partial charge in [0, 0.05) is 24.2 Å². The molecule has 0 aliphatic heterocycles. The van der Waals surface area contributed by atoms with E-state index in [0.29, 0.717) is 44.8 Å². The Morgan fingerprint density at radius 3 is 2.58 bits per heavy atom. The maximum atomic E-state index is 12.9. The molecule has 0 aliphatic carbocycles. The summed E-state index contributed by atoms with van der Waals surface area (Å²) in [4.78, 5) is 16.1. The number of anilines is 1. The van der Waals surface area contributed by atoms with Crippen LogP contribution in [0.5, 0.6) is 5.75 Å². The van der Waals surface area contributed by atoms with Crippen molar-refractivity contribution in [2.24, 2.45) is 0 Å². The summed E-state index contributed by atoms with van der Waals surface area (Å²) >= 11 is 0. The van der Waals surface area contributed by atoms with Crippen LogP contribution >= 0.6 is 0 Å². The van der Waals surface area contributed by atoms with Gasteiger partial charge in [-0.25, -0.2) is 9.20 Å². The molecule has 5 aromatic rings. The molecule has 1 amide bonds. The van der Waals surface area contributed by atoms with E-state index in [2.05, 4.69) is 31.3 Å². The number of rotatable bonds is 5. The summed E-state index contributed by atoms with van der Waals surface area (Å²) in [6.45, 7) is 3.13. The number of aromatic nitrogens is 5. The third kappa shape index (κ3) is 4.77. The molecule has 5 rings (SSSR count). The van der Waals surface area contributed by atoms with Crippen LogP contribution in [-0.2, 0) is 4.79 Å². The number of hydrogen-bond acceptors (Lipinski definition) is 6. The largest absolute Gasteiger partial charge is 0.573 e. The van der Waals surface area contributed by atoms with Crippen molar-refractivity contribution >= 4 is 17.5 Å². The lowest BCUT2D eigenvalue weighted by atomic mass is 9.96. The molecule has 0 aliphatic rings. The number of amides is 1. The second-order valence-corrected chi connectivity index (χ2v) is 8.29. The van der Waals surface area contributed by atoms with Gasteiger partial charge in [0.25, 0.3) is 0 Å². The average Bonchev–Trinajstić information content (AvgIpc) is 3.49. The van der Waals surface area contributed by atoms with E-state index < -0.39 is 6.36 Å². The molecule has 1 N–H and O–H groups in total. The van der Waals surface area contributed by atoms with Crippen LogP contribution in [-0.4, -0.2) is 36.6 Å². The van der Waals surface area contributed by atoms with Crippen molar-refractivity contribution < 1.29 is 22.7 Å². The zero-order valence-corrected chi connectivity index (χ0v) is 20.0. The zero-order chi connectivity index (χ0) is 27.0. The normalized spacial score (nSPS) is 11.4. The fraction of sp³-hybridized carbons (Fsp3) is 0.115. The van der Waals surface area contributed by atoms with Gasteiger partial charge >= 0.3 is 6.36 Å². The highest BCUT2D eigenvalue weighted by atomic mass is 19.4. The average molecular weight is 517 g/mol. The van der Waals surface area contributed by atoms with Crippen molar-refractivity contribution in [2.45, 2.75) is 20.2 Å². The molecular weight excluding hydrogens is 499 g/mol. The second kappa shape index (κ2) is 9.36. The summed E-state index contributed by atoms with van der Waals surface area (Å²) in [5.74, 6) is -0.723. The van der Waals surface area contributed by atoms with Crippen LogP contribution in [0.25, 0.3) is 33.7 Å². The molecule has 0 unspecified atom stereocenters. The molecule has 190 valence electrons. The summed E-state index contributed by atoms with van der Waals surface area (Å²) < 4.78 is 46.0. The lowest BCUT2D eigenvalue weighted by Gasteiger charge is -2.16. The van der Waals surface area contributed by atoms with Gasteiger partial charge in [-0.2, -0.15) is 15.3 Å². The molecule has 12 heteroatoms. The number of pyridine rings is 1. The number of nitrogens with zero attached hydrogens (tertiary/aromatic N) is 6. The van der Waals surface area contributed by atoms with Crippen LogP contribution in [0.2, 0.25) is 0 Å². The smallest absolute Gasteiger partial charge is 0.406 e. The minimum Gasteiger partial charge on any atom is -0.406 e. The lowest BCUT2D eigenvalue weighted by molar-refractivity contribution is -0.274. The number of alkyl halides is 3. The van der Waals surface area contributed by atoms with Gasteiger partial charge in [-0.15, -0.1) is 18.3 Å². The van der Waals surface area contributed by atoms with E-state index in [4.69, 9.17) is 5.26 Å². The summed E-state index contributed by atoms with van der Waals surface area (Å²) in [7, 11) is 0. The van der Waals surface area contributed by atoms with E-state index in [0.717, 1.165) is 0 Å². The molecular formula is C26H18F3N7O2. The van der Waals surface area contributed by atoms with Crippen LogP contribution in [0.15, 0.2) is 67.0 Å².